The van der Waals surface area contributed by atoms with Crippen LogP contribution >= 0.6 is 0 Å². The minimum Gasteiger partial charge on any atom is -0.378 e. The number of piperidine rings is 1. The largest absolute Gasteiger partial charge is 0.378 e. The third-order valence-corrected chi connectivity index (χ3v) is 5.45. The number of benzene rings is 1. The molecule has 29 heavy (non-hydrogen) atoms. The molecule has 0 bridgehead atoms. The molecule has 3 aromatic rings. The first-order valence-corrected chi connectivity index (χ1v) is 10.2. The molecule has 148 valence electrons. The minimum atomic E-state index is 0.0668. The molecular formula is C24H26N4O. The van der Waals surface area contributed by atoms with Crippen molar-refractivity contribution in [2.24, 2.45) is 5.92 Å². The predicted octanol–water partition coefficient (Wildman–Crippen LogP) is 4.18. The Morgan fingerprint density at radius 1 is 1.03 bits per heavy atom. The topological polar surface area (TPSA) is 58.1 Å². The second-order valence-corrected chi connectivity index (χ2v) is 7.56. The monoisotopic (exact) mass is 386 g/mol. The molecular weight excluding hydrogens is 360 g/mol. The van der Waals surface area contributed by atoms with E-state index in [2.05, 4.69) is 45.6 Å². The SMILES string of the molecule is O=C(c1cncc(NCc2ccccn2)c1)N1CCC(Cc2ccccc2)CC1. The van der Waals surface area contributed by atoms with Crippen molar-refractivity contribution in [2.75, 3.05) is 18.4 Å². The summed E-state index contributed by atoms with van der Waals surface area (Å²) in [6.07, 6.45) is 8.36. The zero-order valence-corrected chi connectivity index (χ0v) is 16.5. The van der Waals surface area contributed by atoms with Crippen LogP contribution < -0.4 is 5.32 Å². The van der Waals surface area contributed by atoms with Gasteiger partial charge in [0.25, 0.3) is 5.91 Å². The molecule has 1 aliphatic rings. The van der Waals surface area contributed by atoms with Crippen molar-refractivity contribution in [3.63, 3.8) is 0 Å². The molecule has 1 fully saturated rings. The highest BCUT2D eigenvalue weighted by atomic mass is 16.2. The average Bonchev–Trinajstić information content (AvgIpc) is 2.79. The van der Waals surface area contributed by atoms with Gasteiger partial charge in [0.2, 0.25) is 0 Å². The normalized spacial score (nSPS) is 14.6. The highest BCUT2D eigenvalue weighted by Crippen LogP contribution is 2.23. The number of carbonyl (C=O) groups is 1. The highest BCUT2D eigenvalue weighted by Gasteiger charge is 2.24. The maximum atomic E-state index is 12.9. The van der Waals surface area contributed by atoms with Gasteiger partial charge in [-0.15, -0.1) is 0 Å². The summed E-state index contributed by atoms with van der Waals surface area (Å²) in [4.78, 5) is 23.5. The van der Waals surface area contributed by atoms with Gasteiger partial charge >= 0.3 is 0 Å². The number of hydrogen-bond acceptors (Lipinski definition) is 4. The summed E-state index contributed by atoms with van der Waals surface area (Å²) in [5, 5.41) is 3.30. The lowest BCUT2D eigenvalue weighted by atomic mass is 9.90. The summed E-state index contributed by atoms with van der Waals surface area (Å²) >= 11 is 0. The first kappa shape index (κ1) is 19.1. The fraction of sp³-hybridized carbons (Fsp3) is 0.292. The number of amides is 1. The Kier molecular flexibility index (Phi) is 6.15. The third kappa shape index (κ3) is 5.19. The van der Waals surface area contributed by atoms with E-state index < -0.39 is 0 Å². The van der Waals surface area contributed by atoms with E-state index in [1.807, 2.05) is 29.2 Å². The van der Waals surface area contributed by atoms with Crippen LogP contribution in [0, 0.1) is 5.92 Å². The van der Waals surface area contributed by atoms with Crippen molar-refractivity contribution < 1.29 is 4.79 Å². The maximum Gasteiger partial charge on any atom is 0.255 e. The highest BCUT2D eigenvalue weighted by molar-refractivity contribution is 5.94. The summed E-state index contributed by atoms with van der Waals surface area (Å²) in [5.41, 5.74) is 3.80. The fourth-order valence-electron chi connectivity index (χ4n) is 3.82. The molecule has 1 aliphatic heterocycles. The van der Waals surface area contributed by atoms with Crippen LogP contribution in [-0.2, 0) is 13.0 Å². The Bertz CT molecular complexity index is 922. The van der Waals surface area contributed by atoms with Gasteiger partial charge in [-0.1, -0.05) is 36.4 Å². The standard InChI is InChI=1S/C24H26N4O/c29-24(28-12-9-20(10-13-28)14-19-6-2-1-3-7-19)21-15-23(17-25-16-21)27-18-22-8-4-5-11-26-22/h1-8,11,15-17,20,27H,9-10,12-14,18H2. The van der Waals surface area contributed by atoms with Gasteiger partial charge in [0, 0.05) is 31.7 Å². The molecule has 1 aromatic carbocycles. The van der Waals surface area contributed by atoms with E-state index in [0.717, 1.165) is 43.7 Å². The number of nitrogens with zero attached hydrogens (tertiary/aromatic N) is 3. The second kappa shape index (κ2) is 9.32. The summed E-state index contributed by atoms with van der Waals surface area (Å²) < 4.78 is 0. The second-order valence-electron chi connectivity index (χ2n) is 7.56. The molecule has 0 aliphatic carbocycles. The lowest BCUT2D eigenvalue weighted by molar-refractivity contribution is 0.0690. The van der Waals surface area contributed by atoms with Crippen molar-refractivity contribution in [3.8, 4) is 0 Å². The van der Waals surface area contributed by atoms with Gasteiger partial charge < -0.3 is 10.2 Å². The first-order chi connectivity index (χ1) is 14.3. The smallest absolute Gasteiger partial charge is 0.255 e. The van der Waals surface area contributed by atoms with Gasteiger partial charge in [0.05, 0.1) is 23.5 Å². The molecule has 1 N–H and O–H groups in total. The molecule has 4 rings (SSSR count). The van der Waals surface area contributed by atoms with E-state index in [-0.39, 0.29) is 5.91 Å². The van der Waals surface area contributed by atoms with Crippen LogP contribution in [0.2, 0.25) is 0 Å². The Balaban J connectivity index is 1.31. The molecule has 5 nitrogen and oxygen atoms in total. The molecule has 2 aromatic heterocycles. The van der Waals surface area contributed by atoms with E-state index >= 15 is 0 Å². The van der Waals surface area contributed by atoms with Crippen LogP contribution in [0.25, 0.3) is 0 Å². The van der Waals surface area contributed by atoms with E-state index in [9.17, 15) is 4.79 Å². The number of pyridine rings is 2. The van der Waals surface area contributed by atoms with Crippen LogP contribution in [0.5, 0.6) is 0 Å². The van der Waals surface area contributed by atoms with Crippen LogP contribution in [0.15, 0.2) is 73.2 Å². The summed E-state index contributed by atoms with van der Waals surface area (Å²) in [6.45, 7) is 2.22. The molecule has 1 saturated heterocycles. The van der Waals surface area contributed by atoms with Crippen molar-refractivity contribution in [2.45, 2.75) is 25.8 Å². The molecule has 5 heteroatoms. The molecule has 0 saturated carbocycles. The molecule has 1 amide bonds. The van der Waals surface area contributed by atoms with Crippen LogP contribution in [0.1, 0.15) is 34.5 Å². The zero-order valence-electron chi connectivity index (χ0n) is 16.5. The van der Waals surface area contributed by atoms with Gasteiger partial charge in [-0.2, -0.15) is 0 Å². The van der Waals surface area contributed by atoms with E-state index in [0.29, 0.717) is 18.0 Å². The number of likely N-dealkylation sites (tertiary alicyclic amines) is 1. The number of nitrogens with one attached hydrogen (secondary N) is 1. The van der Waals surface area contributed by atoms with Crippen molar-refractivity contribution in [1.29, 1.82) is 0 Å². The average molecular weight is 386 g/mol. The van der Waals surface area contributed by atoms with Gasteiger partial charge in [-0.3, -0.25) is 14.8 Å². The van der Waals surface area contributed by atoms with Gasteiger partial charge in [-0.05, 0) is 48.9 Å². The van der Waals surface area contributed by atoms with E-state index in [4.69, 9.17) is 0 Å². The molecule has 0 radical (unpaired) electrons. The summed E-state index contributed by atoms with van der Waals surface area (Å²) in [6, 6.07) is 18.3. The van der Waals surface area contributed by atoms with Gasteiger partial charge in [-0.25, -0.2) is 0 Å². The number of anilines is 1. The molecule has 0 unspecified atom stereocenters. The Morgan fingerprint density at radius 2 is 1.83 bits per heavy atom. The van der Waals surface area contributed by atoms with Crippen LogP contribution in [-0.4, -0.2) is 33.9 Å². The van der Waals surface area contributed by atoms with Crippen LogP contribution in [0.4, 0.5) is 5.69 Å². The maximum absolute atomic E-state index is 12.9. The quantitative estimate of drug-likeness (QED) is 0.690. The van der Waals surface area contributed by atoms with E-state index in [1.165, 1.54) is 5.56 Å². The first-order valence-electron chi connectivity index (χ1n) is 10.2. The minimum absolute atomic E-state index is 0.0668. The summed E-state index contributed by atoms with van der Waals surface area (Å²) in [7, 11) is 0. The summed E-state index contributed by atoms with van der Waals surface area (Å²) in [5.74, 6) is 0.711. The Hall–Kier alpha value is -3.21. The number of hydrogen-bond donors (Lipinski definition) is 1. The van der Waals surface area contributed by atoms with Crippen molar-refractivity contribution in [3.05, 3.63) is 90.0 Å². The Labute approximate surface area is 171 Å². The van der Waals surface area contributed by atoms with Crippen LogP contribution in [0.3, 0.4) is 0 Å². The van der Waals surface area contributed by atoms with E-state index in [1.54, 1.807) is 18.6 Å². The zero-order chi connectivity index (χ0) is 19.9. The number of rotatable bonds is 6. The lowest BCUT2D eigenvalue weighted by Crippen LogP contribution is -2.39. The molecule has 0 spiro atoms. The number of aromatic nitrogens is 2. The molecule has 3 heterocycles. The molecule has 0 atom stereocenters. The van der Waals surface area contributed by atoms with Gasteiger partial charge in [0.1, 0.15) is 0 Å². The lowest BCUT2D eigenvalue weighted by Gasteiger charge is -2.32. The van der Waals surface area contributed by atoms with Crippen molar-refractivity contribution in [1.82, 2.24) is 14.9 Å². The van der Waals surface area contributed by atoms with Gasteiger partial charge in [0.15, 0.2) is 0 Å². The fourth-order valence-corrected chi connectivity index (χ4v) is 3.82. The number of carbonyl (C=O) groups excluding carboxylic acids is 1. The third-order valence-electron chi connectivity index (χ3n) is 5.45. The predicted molar refractivity (Wildman–Crippen MR) is 115 cm³/mol. The van der Waals surface area contributed by atoms with Crippen molar-refractivity contribution >= 4 is 11.6 Å². The Morgan fingerprint density at radius 3 is 2.59 bits per heavy atom.